The molecule has 2 aromatic heterocycles. The van der Waals surface area contributed by atoms with Crippen molar-refractivity contribution in [2.45, 2.75) is 6.18 Å². The first-order chi connectivity index (χ1) is 15.7. The van der Waals surface area contributed by atoms with Gasteiger partial charge in [-0.2, -0.15) is 13.2 Å². The summed E-state index contributed by atoms with van der Waals surface area (Å²) < 4.78 is 57.3. The van der Waals surface area contributed by atoms with Gasteiger partial charge >= 0.3 is 12.2 Å². The SMILES string of the molecule is COc1cc(NC(=O)NCC(F)(F)F)cc(-c2cnc3cc(-c4ccc(F)cc4)ccn23)c1. The van der Waals surface area contributed by atoms with Gasteiger partial charge in [0.25, 0.3) is 0 Å². The molecule has 0 spiro atoms. The van der Waals surface area contributed by atoms with Crippen LogP contribution in [-0.4, -0.2) is 35.2 Å². The molecule has 2 heterocycles. The lowest BCUT2D eigenvalue weighted by atomic mass is 10.1. The molecule has 170 valence electrons. The van der Waals surface area contributed by atoms with Crippen LogP contribution in [0.3, 0.4) is 0 Å². The van der Waals surface area contributed by atoms with Crippen LogP contribution in [0.5, 0.6) is 5.75 Å². The molecule has 0 aliphatic rings. The van der Waals surface area contributed by atoms with Crippen molar-refractivity contribution in [2.24, 2.45) is 0 Å². The number of pyridine rings is 1. The van der Waals surface area contributed by atoms with Crippen LogP contribution in [0.4, 0.5) is 28.0 Å². The number of urea groups is 1. The molecule has 0 bridgehead atoms. The van der Waals surface area contributed by atoms with E-state index in [0.29, 0.717) is 22.7 Å². The Morgan fingerprint density at radius 2 is 1.79 bits per heavy atom. The molecule has 0 aliphatic carbocycles. The molecular formula is C23H18F4N4O2. The Bertz CT molecular complexity index is 1300. The minimum absolute atomic E-state index is 0.252. The fraction of sp³-hybridized carbons (Fsp3) is 0.130. The van der Waals surface area contributed by atoms with Crippen LogP contribution >= 0.6 is 0 Å². The standard InChI is InChI=1S/C23H18F4N4O2/c1-33-19-9-16(8-18(11-19)30-22(32)29-13-23(25,26)27)20-12-28-21-10-15(6-7-31(20)21)14-2-4-17(24)5-3-14/h2-12H,13H2,1H3,(H2,29,30,32). The van der Waals surface area contributed by atoms with Gasteiger partial charge in [0.1, 0.15) is 23.8 Å². The van der Waals surface area contributed by atoms with Gasteiger partial charge in [0.05, 0.1) is 19.0 Å². The number of carbonyl (C=O) groups excluding carboxylic acids is 1. The van der Waals surface area contributed by atoms with Gasteiger partial charge in [-0.25, -0.2) is 14.2 Å². The van der Waals surface area contributed by atoms with Crippen LogP contribution in [0.1, 0.15) is 0 Å². The van der Waals surface area contributed by atoms with Crippen molar-refractivity contribution < 1.29 is 27.1 Å². The molecule has 0 radical (unpaired) electrons. The highest BCUT2D eigenvalue weighted by atomic mass is 19.4. The van der Waals surface area contributed by atoms with Gasteiger partial charge < -0.3 is 15.4 Å². The summed E-state index contributed by atoms with van der Waals surface area (Å²) in [6, 6.07) is 13.6. The third-order valence-electron chi connectivity index (χ3n) is 4.84. The van der Waals surface area contributed by atoms with E-state index in [1.165, 1.54) is 25.3 Å². The summed E-state index contributed by atoms with van der Waals surface area (Å²) in [4.78, 5) is 16.3. The Morgan fingerprint density at radius 3 is 2.48 bits per heavy atom. The largest absolute Gasteiger partial charge is 0.497 e. The minimum atomic E-state index is -4.51. The Hall–Kier alpha value is -4.08. The number of halogens is 4. The zero-order valence-corrected chi connectivity index (χ0v) is 17.3. The summed E-state index contributed by atoms with van der Waals surface area (Å²) in [5.74, 6) is 0.0777. The fourth-order valence-electron chi connectivity index (χ4n) is 3.31. The molecule has 2 N–H and O–H groups in total. The van der Waals surface area contributed by atoms with Crippen LogP contribution < -0.4 is 15.4 Å². The lowest BCUT2D eigenvalue weighted by Crippen LogP contribution is -2.36. The molecule has 6 nitrogen and oxygen atoms in total. The maximum atomic E-state index is 13.2. The van der Waals surface area contributed by atoms with Crippen LogP contribution in [0.25, 0.3) is 28.0 Å². The molecule has 4 rings (SSSR count). The van der Waals surface area contributed by atoms with Gasteiger partial charge in [-0.15, -0.1) is 0 Å². The molecule has 4 aromatic rings. The Morgan fingerprint density at radius 1 is 1.03 bits per heavy atom. The third-order valence-corrected chi connectivity index (χ3v) is 4.84. The number of fused-ring (bicyclic) bond motifs is 1. The minimum Gasteiger partial charge on any atom is -0.497 e. The van der Waals surface area contributed by atoms with Crippen molar-refractivity contribution >= 4 is 17.4 Å². The van der Waals surface area contributed by atoms with Gasteiger partial charge in [-0.1, -0.05) is 12.1 Å². The number of aromatic nitrogens is 2. The molecular weight excluding hydrogens is 440 g/mol. The van der Waals surface area contributed by atoms with E-state index < -0.39 is 18.8 Å². The molecule has 2 aromatic carbocycles. The number of nitrogens with one attached hydrogen (secondary N) is 2. The maximum absolute atomic E-state index is 13.2. The molecule has 0 aliphatic heterocycles. The zero-order chi connectivity index (χ0) is 23.6. The molecule has 0 fully saturated rings. The van der Waals surface area contributed by atoms with Crippen molar-refractivity contribution in [3.05, 3.63) is 72.8 Å². The predicted molar refractivity (Wildman–Crippen MR) is 116 cm³/mol. The summed E-state index contributed by atoms with van der Waals surface area (Å²) in [5, 5.41) is 4.15. The van der Waals surface area contributed by atoms with Crippen molar-refractivity contribution in [1.82, 2.24) is 14.7 Å². The second-order valence-electron chi connectivity index (χ2n) is 7.17. The highest BCUT2D eigenvalue weighted by Crippen LogP contribution is 2.30. The average Bonchev–Trinajstić information content (AvgIpc) is 3.21. The van der Waals surface area contributed by atoms with E-state index in [1.807, 2.05) is 16.5 Å². The van der Waals surface area contributed by atoms with E-state index in [9.17, 15) is 22.4 Å². The van der Waals surface area contributed by atoms with E-state index in [-0.39, 0.29) is 11.5 Å². The molecule has 0 unspecified atom stereocenters. The van der Waals surface area contributed by atoms with Crippen molar-refractivity contribution in [2.75, 3.05) is 19.0 Å². The molecule has 0 atom stereocenters. The van der Waals surface area contributed by atoms with Crippen LogP contribution in [0.2, 0.25) is 0 Å². The van der Waals surface area contributed by atoms with E-state index in [2.05, 4.69) is 10.3 Å². The second kappa shape index (κ2) is 8.81. The second-order valence-corrected chi connectivity index (χ2v) is 7.17. The molecule has 33 heavy (non-hydrogen) atoms. The van der Waals surface area contributed by atoms with Crippen molar-refractivity contribution in [3.8, 4) is 28.1 Å². The normalized spacial score (nSPS) is 11.4. The zero-order valence-electron chi connectivity index (χ0n) is 17.3. The van der Waals surface area contributed by atoms with E-state index in [0.717, 1.165) is 11.1 Å². The van der Waals surface area contributed by atoms with Gasteiger partial charge in [0, 0.05) is 23.5 Å². The average molecular weight is 458 g/mol. The first kappa shape index (κ1) is 22.1. The van der Waals surface area contributed by atoms with Crippen LogP contribution in [0.15, 0.2) is 67.0 Å². The van der Waals surface area contributed by atoms with Gasteiger partial charge in [-0.05, 0) is 47.5 Å². The summed E-state index contributed by atoms with van der Waals surface area (Å²) in [6.07, 6.45) is -1.08. The number of anilines is 1. The quantitative estimate of drug-likeness (QED) is 0.388. The highest BCUT2D eigenvalue weighted by Gasteiger charge is 2.27. The van der Waals surface area contributed by atoms with Crippen LogP contribution in [0, 0.1) is 5.82 Å². The topological polar surface area (TPSA) is 67.7 Å². The number of amides is 2. The van der Waals surface area contributed by atoms with E-state index in [1.54, 1.807) is 42.0 Å². The van der Waals surface area contributed by atoms with Gasteiger partial charge in [-0.3, -0.25) is 4.40 Å². The maximum Gasteiger partial charge on any atom is 0.405 e. The first-order valence-electron chi connectivity index (χ1n) is 9.76. The third kappa shape index (κ3) is 5.22. The first-order valence-corrected chi connectivity index (χ1v) is 9.76. The number of carbonyl (C=O) groups is 1. The Balaban J connectivity index is 1.64. The number of ether oxygens (including phenoxy) is 1. The summed E-state index contributed by atoms with van der Waals surface area (Å²) >= 11 is 0. The van der Waals surface area contributed by atoms with Crippen molar-refractivity contribution in [3.63, 3.8) is 0 Å². The number of imidazole rings is 1. The number of alkyl halides is 3. The molecule has 10 heteroatoms. The van der Waals surface area contributed by atoms with E-state index in [4.69, 9.17) is 4.74 Å². The highest BCUT2D eigenvalue weighted by molar-refractivity contribution is 5.90. The number of nitrogens with zero attached hydrogens (tertiary/aromatic N) is 2. The van der Waals surface area contributed by atoms with Gasteiger partial charge in [0.15, 0.2) is 0 Å². The summed E-state index contributed by atoms with van der Waals surface area (Å²) in [6.45, 7) is -1.45. The summed E-state index contributed by atoms with van der Waals surface area (Å²) in [5.41, 5.74) is 3.87. The monoisotopic (exact) mass is 458 g/mol. The lowest BCUT2D eigenvalue weighted by Gasteiger charge is -2.12. The fourth-order valence-corrected chi connectivity index (χ4v) is 3.31. The summed E-state index contributed by atoms with van der Waals surface area (Å²) in [7, 11) is 1.44. The Labute approximate surface area is 185 Å². The number of rotatable bonds is 5. The van der Waals surface area contributed by atoms with E-state index >= 15 is 0 Å². The number of hydrogen-bond donors (Lipinski definition) is 2. The number of benzene rings is 2. The van der Waals surface area contributed by atoms with Gasteiger partial charge in [0.2, 0.25) is 0 Å². The molecule has 0 saturated carbocycles. The lowest BCUT2D eigenvalue weighted by molar-refractivity contribution is -0.122. The molecule has 2 amide bonds. The number of hydrogen-bond acceptors (Lipinski definition) is 3. The van der Waals surface area contributed by atoms with Crippen LogP contribution in [-0.2, 0) is 0 Å². The predicted octanol–water partition coefficient (Wildman–Crippen LogP) is 5.50. The Kier molecular flexibility index (Phi) is 5.91. The molecule has 0 saturated heterocycles. The number of methoxy groups -OCH3 is 1. The smallest absolute Gasteiger partial charge is 0.405 e. The van der Waals surface area contributed by atoms with Crippen molar-refractivity contribution in [1.29, 1.82) is 0 Å².